The highest BCUT2D eigenvalue weighted by Gasteiger charge is 2.27. The van der Waals surface area contributed by atoms with E-state index >= 15 is 0 Å². The summed E-state index contributed by atoms with van der Waals surface area (Å²) in [6.07, 6.45) is 53.9. The van der Waals surface area contributed by atoms with Gasteiger partial charge in [0.15, 0.2) is 6.10 Å². The smallest absolute Gasteiger partial charge is 0.462 e. The lowest BCUT2D eigenvalue weighted by molar-refractivity contribution is -0.870. The van der Waals surface area contributed by atoms with Crippen LogP contribution in [-0.4, -0.2) is 74.9 Å². The molecule has 1 N–H and O–H groups in total. The topological polar surface area (TPSA) is 108 Å². The molecular formula is C54H105NO8P+. The fraction of sp³-hybridized carbons (Fsp3) is 0.889. The van der Waals surface area contributed by atoms with Gasteiger partial charge in [-0.05, 0) is 44.9 Å². The zero-order valence-corrected chi connectivity index (χ0v) is 43.7. The van der Waals surface area contributed by atoms with Gasteiger partial charge in [0.25, 0.3) is 0 Å². The van der Waals surface area contributed by atoms with E-state index < -0.39 is 26.5 Å². The Kier molecular flexibility index (Phi) is 45.5. The zero-order valence-electron chi connectivity index (χ0n) is 42.8. The van der Waals surface area contributed by atoms with E-state index in [2.05, 4.69) is 38.2 Å². The van der Waals surface area contributed by atoms with Crippen molar-refractivity contribution in [2.75, 3.05) is 47.5 Å². The molecule has 0 aromatic carbocycles. The number of unbranched alkanes of at least 4 members (excludes halogenated alkanes) is 32. The molecule has 0 heterocycles. The first-order chi connectivity index (χ1) is 31.0. The number of ether oxygens (including phenoxy) is 2. The van der Waals surface area contributed by atoms with Crippen molar-refractivity contribution in [3.8, 4) is 0 Å². The molecule has 0 amide bonds. The lowest BCUT2D eigenvalue weighted by atomic mass is 10.0. The first-order valence-electron chi connectivity index (χ1n) is 27.1. The van der Waals surface area contributed by atoms with E-state index in [0.717, 1.165) is 44.9 Å². The van der Waals surface area contributed by atoms with Gasteiger partial charge in [0, 0.05) is 12.8 Å². The second kappa shape index (κ2) is 46.6. The maximum Gasteiger partial charge on any atom is 0.472 e. The molecule has 0 radical (unpaired) electrons. The summed E-state index contributed by atoms with van der Waals surface area (Å²) in [7, 11) is 1.47. The second-order valence-corrected chi connectivity index (χ2v) is 21.1. The minimum absolute atomic E-state index is 0.0272. The van der Waals surface area contributed by atoms with Crippen LogP contribution >= 0.6 is 7.82 Å². The van der Waals surface area contributed by atoms with E-state index in [1.54, 1.807) is 0 Å². The van der Waals surface area contributed by atoms with Gasteiger partial charge in [-0.15, -0.1) is 0 Å². The number of hydrogen-bond donors (Lipinski definition) is 1. The molecule has 0 aliphatic carbocycles. The number of carbonyl (C=O) groups is 2. The summed E-state index contributed by atoms with van der Waals surface area (Å²) in [5.74, 6) is -0.834. The second-order valence-electron chi connectivity index (χ2n) is 19.6. The van der Waals surface area contributed by atoms with Crippen molar-refractivity contribution >= 4 is 19.8 Å². The fourth-order valence-corrected chi connectivity index (χ4v) is 8.48. The van der Waals surface area contributed by atoms with Gasteiger partial charge < -0.3 is 18.9 Å². The summed E-state index contributed by atoms with van der Waals surface area (Å²) >= 11 is 0. The molecule has 0 fully saturated rings. The molecule has 0 rings (SSSR count). The summed E-state index contributed by atoms with van der Waals surface area (Å²) in [6, 6.07) is 0. The Bertz CT molecular complexity index is 1140. The maximum absolute atomic E-state index is 12.8. The molecule has 0 saturated carbocycles. The highest BCUT2D eigenvalue weighted by molar-refractivity contribution is 7.47. The molecule has 0 aliphatic heterocycles. The summed E-state index contributed by atoms with van der Waals surface area (Å²) in [5.41, 5.74) is 0. The van der Waals surface area contributed by atoms with E-state index in [-0.39, 0.29) is 32.0 Å². The molecule has 64 heavy (non-hydrogen) atoms. The van der Waals surface area contributed by atoms with E-state index in [4.69, 9.17) is 18.5 Å². The molecule has 10 heteroatoms. The third kappa shape index (κ3) is 49.9. The third-order valence-electron chi connectivity index (χ3n) is 12.0. The van der Waals surface area contributed by atoms with Gasteiger partial charge in [0.2, 0.25) is 0 Å². The number of allylic oxidation sites excluding steroid dienone is 4. The number of likely N-dealkylation sites (N-methyl/N-ethyl adjacent to an activating group) is 1. The molecule has 0 aromatic heterocycles. The molecule has 9 nitrogen and oxygen atoms in total. The Balaban J connectivity index is 4.24. The van der Waals surface area contributed by atoms with E-state index in [1.165, 1.54) is 180 Å². The average molecular weight is 927 g/mol. The van der Waals surface area contributed by atoms with Crippen LogP contribution in [0.15, 0.2) is 24.3 Å². The van der Waals surface area contributed by atoms with Gasteiger partial charge in [0.1, 0.15) is 19.8 Å². The predicted molar refractivity (Wildman–Crippen MR) is 271 cm³/mol. The number of nitrogens with zero attached hydrogens (tertiary/aromatic N) is 1. The van der Waals surface area contributed by atoms with Crippen molar-refractivity contribution in [2.45, 2.75) is 264 Å². The molecule has 0 bridgehead atoms. The lowest BCUT2D eigenvalue weighted by Crippen LogP contribution is -2.37. The number of phosphoric acid groups is 1. The predicted octanol–water partition coefficient (Wildman–Crippen LogP) is 16.3. The summed E-state index contributed by atoms with van der Waals surface area (Å²) in [5, 5.41) is 0. The molecule has 1 unspecified atom stereocenters. The Morgan fingerprint density at radius 1 is 0.469 bits per heavy atom. The third-order valence-corrected chi connectivity index (χ3v) is 12.9. The normalized spacial score (nSPS) is 13.5. The highest BCUT2D eigenvalue weighted by Crippen LogP contribution is 2.43. The Morgan fingerprint density at radius 2 is 0.828 bits per heavy atom. The molecule has 0 aromatic rings. The van der Waals surface area contributed by atoms with E-state index in [0.29, 0.717) is 17.4 Å². The largest absolute Gasteiger partial charge is 0.472 e. The zero-order chi connectivity index (χ0) is 47.1. The highest BCUT2D eigenvalue weighted by atomic mass is 31.2. The lowest BCUT2D eigenvalue weighted by Gasteiger charge is -2.24. The molecule has 0 spiro atoms. The number of hydrogen-bond acceptors (Lipinski definition) is 7. The van der Waals surface area contributed by atoms with Crippen LogP contribution in [0.3, 0.4) is 0 Å². The van der Waals surface area contributed by atoms with Crippen LogP contribution in [0.25, 0.3) is 0 Å². The van der Waals surface area contributed by atoms with Crippen LogP contribution in [0.5, 0.6) is 0 Å². The van der Waals surface area contributed by atoms with Crippen LogP contribution in [0.4, 0.5) is 0 Å². The first-order valence-corrected chi connectivity index (χ1v) is 28.6. The number of carbonyl (C=O) groups excluding carboxylic acids is 2. The van der Waals surface area contributed by atoms with Gasteiger partial charge in [0.05, 0.1) is 27.7 Å². The first kappa shape index (κ1) is 62.5. The number of phosphoric ester groups is 1. The van der Waals surface area contributed by atoms with Crippen molar-refractivity contribution in [1.82, 2.24) is 0 Å². The van der Waals surface area contributed by atoms with Crippen LogP contribution in [0.2, 0.25) is 0 Å². The van der Waals surface area contributed by atoms with Crippen molar-refractivity contribution in [3.05, 3.63) is 24.3 Å². The van der Waals surface area contributed by atoms with Crippen LogP contribution in [0.1, 0.15) is 258 Å². The van der Waals surface area contributed by atoms with Crippen molar-refractivity contribution < 1.29 is 42.1 Å². The van der Waals surface area contributed by atoms with Crippen LogP contribution in [0, 0.1) is 0 Å². The SMILES string of the molecule is CCCCCCCCCCCCCCCC/C=C/CC/C=C/CCCC(=O)O[C@H](COC(=O)CCCCCCCCCCCCCCCCCCC)COP(=O)(O)OCC[N+](C)(C)C. The maximum atomic E-state index is 12.8. The minimum atomic E-state index is -4.39. The summed E-state index contributed by atoms with van der Waals surface area (Å²) in [6.45, 7) is 4.43. The van der Waals surface area contributed by atoms with Gasteiger partial charge in [-0.1, -0.05) is 224 Å². The number of esters is 2. The number of rotatable bonds is 50. The van der Waals surface area contributed by atoms with E-state index in [9.17, 15) is 19.0 Å². The van der Waals surface area contributed by atoms with Crippen molar-refractivity contribution in [3.63, 3.8) is 0 Å². The quantitative estimate of drug-likeness (QED) is 0.0211. The number of quaternary nitrogens is 1. The van der Waals surface area contributed by atoms with E-state index in [1.807, 2.05) is 21.1 Å². The molecule has 0 saturated heterocycles. The van der Waals surface area contributed by atoms with Crippen molar-refractivity contribution in [2.24, 2.45) is 0 Å². The molecule has 378 valence electrons. The Morgan fingerprint density at radius 3 is 1.25 bits per heavy atom. The summed E-state index contributed by atoms with van der Waals surface area (Å²) < 4.78 is 34.4. The Hall–Kier alpha value is -1.51. The molecular weight excluding hydrogens is 822 g/mol. The van der Waals surface area contributed by atoms with Gasteiger partial charge in [-0.2, -0.15) is 0 Å². The molecule has 0 aliphatic rings. The monoisotopic (exact) mass is 927 g/mol. The summed E-state index contributed by atoms with van der Waals surface area (Å²) in [4.78, 5) is 35.5. The van der Waals surface area contributed by atoms with Crippen LogP contribution < -0.4 is 0 Å². The van der Waals surface area contributed by atoms with Crippen LogP contribution in [-0.2, 0) is 32.7 Å². The fourth-order valence-electron chi connectivity index (χ4n) is 7.74. The average Bonchev–Trinajstić information content (AvgIpc) is 3.25. The molecule has 2 atom stereocenters. The van der Waals surface area contributed by atoms with Gasteiger partial charge in [-0.25, -0.2) is 4.57 Å². The van der Waals surface area contributed by atoms with Gasteiger partial charge >= 0.3 is 19.8 Å². The van der Waals surface area contributed by atoms with Crippen molar-refractivity contribution in [1.29, 1.82) is 0 Å². The standard InChI is InChI=1S/C54H104NO8P/c1-6-8-10-12-14-16-18-20-22-24-25-26-27-28-29-31-33-35-37-39-41-43-45-47-54(57)63-52(51-62-64(58,59)61-49-48-55(3,4)5)50-60-53(56)46-44-42-40-38-36-34-32-30-23-21-19-17-15-13-11-9-7-2/h31,33,39,41,52H,6-30,32,34-38,40,42-51H2,1-5H3/p+1/b33-31+,41-39+/t52-/m1/s1. The van der Waals surface area contributed by atoms with Gasteiger partial charge in [-0.3, -0.25) is 18.6 Å². The minimum Gasteiger partial charge on any atom is -0.462 e. The Labute approximate surface area is 396 Å².